The van der Waals surface area contributed by atoms with Gasteiger partial charge in [-0.3, -0.25) is 0 Å². The van der Waals surface area contributed by atoms with Gasteiger partial charge in [0.25, 0.3) is 0 Å². The normalized spacial score (nSPS) is 5.08. The van der Waals surface area contributed by atoms with Gasteiger partial charge in [-0.15, -0.1) is 0 Å². The fourth-order valence-corrected chi connectivity index (χ4v) is 0. The van der Waals surface area contributed by atoms with E-state index in [1.165, 1.54) is 0 Å². The molecule has 0 aromatic carbocycles. The van der Waals surface area contributed by atoms with Gasteiger partial charge >= 0.3 is 54.8 Å². The van der Waals surface area contributed by atoms with E-state index >= 15 is 0 Å². The Hall–Kier alpha value is 0.382. The molecular weight excluding hydrogens is 269 g/mol. The molecular formula is C2H4AlMgO8Zn. The zero-order valence-electron chi connectivity index (χ0n) is 8.34. The molecule has 0 aliphatic heterocycles. The fraction of sp³-hybridized carbons (Fsp3) is 0. The summed E-state index contributed by atoms with van der Waals surface area (Å²) in [6, 6.07) is 0. The standard InChI is InChI=1S/2CH2O4.Al.Mg.Zn.2H/c2*2-1(3)5-4;;;;;/h2*4H,(H,2,3);;;;;/q;;;2*+2;2*-1/p-2. The monoisotopic (exact) mass is 271 g/mol. The quantitative estimate of drug-likeness (QED) is 0.277. The first-order valence-electron chi connectivity index (χ1n) is 1.60. The Kier molecular flexibility index (Phi) is 51.3. The minimum atomic E-state index is -1.80. The summed E-state index contributed by atoms with van der Waals surface area (Å²) in [5, 5.41) is 31.4. The topological polar surface area (TPSA) is 139 Å². The van der Waals surface area contributed by atoms with Crippen LogP contribution in [0.2, 0.25) is 0 Å². The maximum Gasteiger partial charge on any atom is 2.00 e. The van der Waals surface area contributed by atoms with Crippen molar-refractivity contribution in [2.75, 3.05) is 0 Å². The average molecular weight is 273 g/mol. The molecule has 2 N–H and O–H groups in total. The van der Waals surface area contributed by atoms with Crippen molar-refractivity contribution in [3.63, 3.8) is 0 Å². The maximum atomic E-state index is 8.83. The molecule has 0 rings (SSSR count). The molecule has 0 aromatic heterocycles. The zero-order chi connectivity index (χ0) is 8.57. The molecule has 0 fully saturated rings. The number of rotatable bonds is 0. The van der Waals surface area contributed by atoms with Crippen LogP contribution in [0.1, 0.15) is 2.85 Å². The van der Waals surface area contributed by atoms with Crippen molar-refractivity contribution in [1.29, 1.82) is 0 Å². The van der Waals surface area contributed by atoms with E-state index < -0.39 is 12.3 Å². The summed E-state index contributed by atoms with van der Waals surface area (Å²) in [6.07, 6.45) is -3.60. The predicted molar refractivity (Wildman–Crippen MR) is 32.0 cm³/mol. The van der Waals surface area contributed by atoms with Crippen molar-refractivity contribution in [1.82, 2.24) is 0 Å². The van der Waals surface area contributed by atoms with Crippen molar-refractivity contribution in [2.45, 2.75) is 0 Å². The molecule has 0 spiro atoms. The molecule has 11 heteroatoms. The summed E-state index contributed by atoms with van der Waals surface area (Å²) in [7, 11) is 0. The Balaban J connectivity index is -0.0000000128. The Morgan fingerprint density at radius 1 is 1.08 bits per heavy atom. The summed E-state index contributed by atoms with van der Waals surface area (Å²) in [5.41, 5.74) is 0. The Morgan fingerprint density at radius 3 is 1.15 bits per heavy atom. The van der Waals surface area contributed by atoms with E-state index in [-0.39, 0.29) is 62.7 Å². The van der Waals surface area contributed by atoms with Crippen molar-refractivity contribution < 1.29 is 62.4 Å². The molecule has 0 bridgehead atoms. The first-order chi connectivity index (χ1) is 4.54. The zero-order valence-corrected chi connectivity index (χ0v) is 11.9. The van der Waals surface area contributed by atoms with Crippen LogP contribution in [-0.2, 0) is 29.3 Å². The molecule has 0 saturated heterocycles. The molecule has 3 radical (unpaired) electrons. The van der Waals surface area contributed by atoms with Gasteiger partial charge in [-0.25, -0.2) is 9.59 Å². The number of carbonyl (C=O) groups is 2. The summed E-state index contributed by atoms with van der Waals surface area (Å²) >= 11 is 0. The molecule has 0 amide bonds. The second-order valence-electron chi connectivity index (χ2n) is 0.698. The third-order valence-corrected chi connectivity index (χ3v) is 0.143. The van der Waals surface area contributed by atoms with Crippen LogP contribution in [0.4, 0.5) is 9.59 Å². The molecule has 8 nitrogen and oxygen atoms in total. The minimum absolute atomic E-state index is 0. The molecule has 0 unspecified atom stereocenters. The van der Waals surface area contributed by atoms with E-state index in [1.807, 2.05) is 0 Å². The van der Waals surface area contributed by atoms with Crippen LogP contribution in [0.15, 0.2) is 0 Å². The van der Waals surface area contributed by atoms with E-state index in [9.17, 15) is 0 Å². The molecule has 67 valence electrons. The van der Waals surface area contributed by atoms with Crippen molar-refractivity contribution in [3.05, 3.63) is 0 Å². The van der Waals surface area contributed by atoms with Gasteiger partial charge in [-0.1, -0.05) is 0 Å². The number of carboxylic acid groups (broad SMARTS) is 2. The summed E-state index contributed by atoms with van der Waals surface area (Å²) in [6.45, 7) is 0. The van der Waals surface area contributed by atoms with Crippen LogP contribution in [0, 0.1) is 0 Å². The smallest absolute Gasteiger partial charge is 1.00 e. The van der Waals surface area contributed by atoms with Crippen LogP contribution < -0.4 is 10.5 Å². The molecule has 0 heterocycles. The van der Waals surface area contributed by atoms with Gasteiger partial charge in [-0.05, 0) is 0 Å². The van der Waals surface area contributed by atoms with Crippen molar-refractivity contribution in [2.24, 2.45) is 0 Å². The van der Waals surface area contributed by atoms with Gasteiger partial charge in [0, 0.05) is 17.4 Å². The van der Waals surface area contributed by atoms with Gasteiger partial charge < -0.3 is 33.4 Å². The molecule has 0 saturated carbocycles. The summed E-state index contributed by atoms with van der Waals surface area (Å²) in [4.78, 5) is 22.5. The third-order valence-electron chi connectivity index (χ3n) is 0.143. The van der Waals surface area contributed by atoms with Crippen LogP contribution in [0.25, 0.3) is 0 Å². The van der Waals surface area contributed by atoms with E-state index in [1.54, 1.807) is 0 Å². The van der Waals surface area contributed by atoms with Gasteiger partial charge in [0.15, 0.2) is 0 Å². The fourth-order valence-electron chi connectivity index (χ4n) is 0. The first-order valence-corrected chi connectivity index (χ1v) is 1.60. The third kappa shape index (κ3) is 69.5. The van der Waals surface area contributed by atoms with Crippen molar-refractivity contribution >= 4 is 52.7 Å². The number of hydrogen-bond donors (Lipinski definition) is 2. The second kappa shape index (κ2) is 22.8. The summed E-state index contributed by atoms with van der Waals surface area (Å²) in [5.74, 6) is 0. The van der Waals surface area contributed by atoms with Crippen LogP contribution in [0.5, 0.6) is 0 Å². The Labute approximate surface area is 115 Å². The Bertz CT molecular complexity index is 115. The molecule has 0 aromatic rings. The first kappa shape index (κ1) is 29.2. The maximum absolute atomic E-state index is 8.83. The second-order valence-corrected chi connectivity index (χ2v) is 0.698. The van der Waals surface area contributed by atoms with E-state index in [0.717, 1.165) is 0 Å². The number of hydrogen-bond acceptors (Lipinski definition) is 6. The van der Waals surface area contributed by atoms with Crippen molar-refractivity contribution in [3.8, 4) is 0 Å². The van der Waals surface area contributed by atoms with Gasteiger partial charge in [-0.2, -0.15) is 0 Å². The largest absolute Gasteiger partial charge is 2.00 e. The molecule has 0 atom stereocenters. The average Bonchev–Trinajstić information content (AvgIpc) is 1.89. The molecule has 13 heavy (non-hydrogen) atoms. The van der Waals surface area contributed by atoms with E-state index in [0.29, 0.717) is 0 Å². The van der Waals surface area contributed by atoms with Crippen LogP contribution in [0.3, 0.4) is 0 Å². The van der Waals surface area contributed by atoms with Gasteiger partial charge in [0.05, 0.1) is 0 Å². The Morgan fingerprint density at radius 2 is 1.15 bits per heavy atom. The van der Waals surface area contributed by atoms with Gasteiger partial charge in [0.1, 0.15) is 0 Å². The molecule has 0 aliphatic rings. The minimum Gasteiger partial charge on any atom is -1.00 e. The molecule has 0 aliphatic carbocycles. The van der Waals surface area contributed by atoms with Crippen LogP contribution >= 0.6 is 0 Å². The van der Waals surface area contributed by atoms with Gasteiger partial charge in [0.2, 0.25) is 0 Å². The van der Waals surface area contributed by atoms with Crippen LogP contribution in [-0.4, -0.2) is 62.9 Å². The van der Waals surface area contributed by atoms with E-state index in [2.05, 4.69) is 9.78 Å². The SMILES string of the molecule is O=C(O)O[O-].O=C(O)O[O-].[Al].[H-].[H-].[Mg+2].[Zn+2]. The summed E-state index contributed by atoms with van der Waals surface area (Å²) < 4.78 is 0. The van der Waals surface area contributed by atoms with E-state index in [4.69, 9.17) is 30.3 Å². The predicted octanol–water partition coefficient (Wildman–Crippen LogP) is -2.63.